The summed E-state index contributed by atoms with van der Waals surface area (Å²) in [7, 11) is 0. The highest BCUT2D eigenvalue weighted by Crippen LogP contribution is 2.27. The molecule has 0 amide bonds. The summed E-state index contributed by atoms with van der Waals surface area (Å²) >= 11 is 11.6. The Bertz CT molecular complexity index is 462. The summed E-state index contributed by atoms with van der Waals surface area (Å²) in [6, 6.07) is 4.72. The number of hydrogen-bond acceptors (Lipinski definition) is 4. The zero-order chi connectivity index (χ0) is 13.5. The summed E-state index contributed by atoms with van der Waals surface area (Å²) < 4.78 is 5.15. The van der Waals surface area contributed by atoms with E-state index in [2.05, 4.69) is 5.16 Å². The highest BCUT2D eigenvalue weighted by atomic mass is 35.5. The van der Waals surface area contributed by atoms with Crippen LogP contribution in [0.5, 0.6) is 5.75 Å². The summed E-state index contributed by atoms with van der Waals surface area (Å²) in [5, 5.41) is 12.9. The second-order valence-electron chi connectivity index (χ2n) is 3.16. The molecule has 0 saturated carbocycles. The van der Waals surface area contributed by atoms with E-state index in [9.17, 15) is 4.79 Å². The maximum Gasteiger partial charge on any atom is 0.353 e. The monoisotopic (exact) mass is 291 g/mol. The Hall–Kier alpha value is -1.46. The summed E-state index contributed by atoms with van der Waals surface area (Å²) in [5.41, 5.74) is -0.0826. The predicted octanol–water partition coefficient (Wildman–Crippen LogP) is 3.20. The van der Waals surface area contributed by atoms with E-state index < -0.39 is 5.97 Å². The van der Waals surface area contributed by atoms with Crippen molar-refractivity contribution >= 4 is 34.9 Å². The van der Waals surface area contributed by atoms with Crippen LogP contribution in [0.4, 0.5) is 0 Å². The summed E-state index contributed by atoms with van der Waals surface area (Å²) in [5.74, 6) is -0.744. The molecule has 0 bridgehead atoms. The minimum absolute atomic E-state index is 0.0826. The Labute approximate surface area is 114 Å². The molecule has 1 aromatic rings. The molecule has 1 rings (SSSR count). The van der Waals surface area contributed by atoms with E-state index in [4.69, 9.17) is 37.9 Å². The van der Waals surface area contributed by atoms with Gasteiger partial charge >= 0.3 is 5.97 Å². The lowest BCUT2D eigenvalue weighted by Crippen LogP contribution is -2.13. The van der Waals surface area contributed by atoms with Gasteiger partial charge in [0, 0.05) is 5.02 Å². The van der Waals surface area contributed by atoms with Gasteiger partial charge in [-0.15, -0.1) is 0 Å². The fraction of sp³-hybridized carbons (Fsp3) is 0.273. The largest absolute Gasteiger partial charge is 0.477 e. The molecule has 7 heteroatoms. The molecular weight excluding hydrogens is 281 g/mol. The van der Waals surface area contributed by atoms with Crippen LogP contribution in [0.3, 0.4) is 0 Å². The van der Waals surface area contributed by atoms with Crippen molar-refractivity contribution in [3.05, 3.63) is 28.2 Å². The third-order valence-electron chi connectivity index (χ3n) is 1.92. The zero-order valence-electron chi connectivity index (χ0n) is 9.52. The van der Waals surface area contributed by atoms with E-state index in [0.717, 1.165) is 0 Å². The van der Waals surface area contributed by atoms with Crippen LogP contribution in [-0.2, 0) is 9.63 Å². The lowest BCUT2D eigenvalue weighted by Gasteiger charge is -2.06. The summed E-state index contributed by atoms with van der Waals surface area (Å²) in [6.07, 6.45) is 0.261. The van der Waals surface area contributed by atoms with Crippen LogP contribution in [-0.4, -0.2) is 23.6 Å². The van der Waals surface area contributed by atoms with Crippen molar-refractivity contribution in [2.45, 2.75) is 13.3 Å². The molecule has 0 heterocycles. The molecule has 1 N–H and O–H groups in total. The Morgan fingerprint density at radius 3 is 2.72 bits per heavy atom. The first-order valence-corrected chi connectivity index (χ1v) is 5.80. The van der Waals surface area contributed by atoms with Gasteiger partial charge in [-0.3, -0.25) is 0 Å². The van der Waals surface area contributed by atoms with Crippen LogP contribution in [0.1, 0.15) is 13.3 Å². The SMILES string of the molecule is CC/C(=N\OCOc1ccc(Cl)cc1Cl)C(=O)O. The number of benzene rings is 1. The third kappa shape index (κ3) is 4.43. The highest BCUT2D eigenvalue weighted by Gasteiger charge is 2.07. The normalized spacial score (nSPS) is 11.2. The summed E-state index contributed by atoms with van der Waals surface area (Å²) in [4.78, 5) is 15.3. The van der Waals surface area contributed by atoms with Crippen molar-refractivity contribution < 1.29 is 19.5 Å². The maximum absolute atomic E-state index is 10.6. The van der Waals surface area contributed by atoms with E-state index in [1.807, 2.05) is 0 Å². The number of carbonyl (C=O) groups is 1. The molecule has 0 radical (unpaired) electrons. The molecule has 0 atom stereocenters. The number of oxime groups is 1. The second-order valence-corrected chi connectivity index (χ2v) is 4.01. The Morgan fingerprint density at radius 1 is 1.44 bits per heavy atom. The van der Waals surface area contributed by atoms with Crippen molar-refractivity contribution in [2.24, 2.45) is 5.16 Å². The van der Waals surface area contributed by atoms with Gasteiger partial charge < -0.3 is 14.7 Å². The molecule has 0 unspecified atom stereocenters. The molecule has 0 aliphatic heterocycles. The smallest absolute Gasteiger partial charge is 0.353 e. The number of carboxylic acids is 1. The van der Waals surface area contributed by atoms with Crippen molar-refractivity contribution in [3.63, 3.8) is 0 Å². The van der Waals surface area contributed by atoms with Gasteiger partial charge in [-0.2, -0.15) is 0 Å². The average molecular weight is 292 g/mol. The maximum atomic E-state index is 10.6. The van der Waals surface area contributed by atoms with Crippen LogP contribution in [0.25, 0.3) is 0 Å². The molecule has 0 aliphatic rings. The topological polar surface area (TPSA) is 68.1 Å². The molecule has 0 aromatic heterocycles. The first-order valence-electron chi connectivity index (χ1n) is 5.04. The Balaban J connectivity index is 2.49. The van der Waals surface area contributed by atoms with Crippen LogP contribution in [0.2, 0.25) is 10.0 Å². The van der Waals surface area contributed by atoms with E-state index in [-0.39, 0.29) is 18.9 Å². The van der Waals surface area contributed by atoms with Gasteiger partial charge in [-0.1, -0.05) is 35.3 Å². The number of nitrogens with zero attached hydrogens (tertiary/aromatic N) is 1. The molecule has 5 nitrogen and oxygen atoms in total. The first-order chi connectivity index (χ1) is 8.54. The molecule has 0 saturated heterocycles. The second kappa shape index (κ2) is 7.08. The van der Waals surface area contributed by atoms with Gasteiger partial charge in [0.25, 0.3) is 6.79 Å². The van der Waals surface area contributed by atoms with Gasteiger partial charge in [0.2, 0.25) is 0 Å². The molecule has 98 valence electrons. The fourth-order valence-corrected chi connectivity index (χ4v) is 1.50. The van der Waals surface area contributed by atoms with Crippen molar-refractivity contribution in [1.82, 2.24) is 0 Å². The first kappa shape index (κ1) is 14.6. The molecule has 1 aromatic carbocycles. The van der Waals surface area contributed by atoms with Gasteiger partial charge in [0.05, 0.1) is 5.02 Å². The molecule has 0 fully saturated rings. The number of carboxylic acid groups (broad SMARTS) is 1. The number of rotatable bonds is 6. The fourth-order valence-electron chi connectivity index (χ4n) is 1.04. The molecular formula is C11H11Cl2NO4. The van der Waals surface area contributed by atoms with E-state index >= 15 is 0 Å². The van der Waals surface area contributed by atoms with Gasteiger partial charge in [-0.25, -0.2) is 4.79 Å². The number of ether oxygens (including phenoxy) is 1. The van der Waals surface area contributed by atoms with Crippen molar-refractivity contribution in [1.29, 1.82) is 0 Å². The van der Waals surface area contributed by atoms with Gasteiger partial charge in [0.15, 0.2) is 5.71 Å². The van der Waals surface area contributed by atoms with Crippen LogP contribution >= 0.6 is 23.2 Å². The van der Waals surface area contributed by atoms with E-state index in [1.165, 1.54) is 6.07 Å². The molecule has 18 heavy (non-hydrogen) atoms. The number of hydrogen-bond donors (Lipinski definition) is 1. The van der Waals surface area contributed by atoms with E-state index in [1.54, 1.807) is 19.1 Å². The van der Waals surface area contributed by atoms with Crippen LogP contribution in [0, 0.1) is 0 Å². The lowest BCUT2D eigenvalue weighted by molar-refractivity contribution is -0.129. The van der Waals surface area contributed by atoms with Gasteiger partial charge in [-0.05, 0) is 24.6 Å². The third-order valence-corrected chi connectivity index (χ3v) is 2.45. The van der Waals surface area contributed by atoms with Crippen LogP contribution in [0.15, 0.2) is 23.4 Å². The Morgan fingerprint density at radius 2 is 2.17 bits per heavy atom. The number of aliphatic carboxylic acids is 1. The van der Waals surface area contributed by atoms with Crippen molar-refractivity contribution in [3.8, 4) is 5.75 Å². The summed E-state index contributed by atoms with van der Waals surface area (Å²) in [6.45, 7) is 1.42. The minimum Gasteiger partial charge on any atom is -0.477 e. The quantitative estimate of drug-likeness (QED) is 0.378. The van der Waals surface area contributed by atoms with E-state index in [0.29, 0.717) is 15.8 Å². The predicted molar refractivity (Wildman–Crippen MR) is 68.4 cm³/mol. The molecule has 0 spiro atoms. The zero-order valence-corrected chi connectivity index (χ0v) is 11.0. The lowest BCUT2D eigenvalue weighted by atomic mass is 10.3. The minimum atomic E-state index is -1.12. The Kier molecular flexibility index (Phi) is 5.74. The van der Waals surface area contributed by atoms with Crippen LogP contribution < -0.4 is 4.74 Å². The van der Waals surface area contributed by atoms with Crippen molar-refractivity contribution in [2.75, 3.05) is 6.79 Å². The molecule has 0 aliphatic carbocycles. The standard InChI is InChI=1S/C11H11Cl2NO4/c1-2-9(11(15)16)14-18-6-17-10-4-3-7(12)5-8(10)13/h3-5H,2,6H2,1H3,(H,15,16)/b14-9+. The average Bonchev–Trinajstić information content (AvgIpc) is 2.31. The number of halogens is 2. The highest BCUT2D eigenvalue weighted by molar-refractivity contribution is 6.35. The van der Waals surface area contributed by atoms with Gasteiger partial charge in [0.1, 0.15) is 5.75 Å².